The molecule has 3 N–H and O–H groups in total. The van der Waals surface area contributed by atoms with Crippen molar-refractivity contribution in [2.45, 2.75) is 13.3 Å². The molecule has 1 unspecified atom stereocenters. The number of fused-ring (bicyclic) bond motifs is 1. The van der Waals surface area contributed by atoms with Crippen LogP contribution in [0, 0.1) is 5.92 Å². The molecule has 2 aromatic rings. The molecule has 1 heterocycles. The number of para-hydroxylation sites is 1. The van der Waals surface area contributed by atoms with E-state index >= 15 is 0 Å². The zero-order chi connectivity index (χ0) is 15.4. The maximum atomic E-state index is 12.0. The van der Waals surface area contributed by atoms with E-state index in [1.54, 1.807) is 31.2 Å². The van der Waals surface area contributed by atoms with E-state index < -0.39 is 17.8 Å². The fraction of sp³-hybridized carbons (Fsp3) is 0.267. The molecule has 0 bridgehead atoms. The topological polar surface area (TPSA) is 99.3 Å². The molecule has 0 fully saturated rings. The molecule has 0 radical (unpaired) electrons. The number of hydrogen-bond donors (Lipinski definition) is 3. The number of aliphatic carboxylic acids is 1. The Morgan fingerprint density at radius 2 is 2.05 bits per heavy atom. The number of carbonyl (C=O) groups excluding carboxylic acids is 1. The SMILES string of the molecule is CC(CCNC(=O)c1cc(=O)c2ccccc2[nH]1)C(=O)O. The Hall–Kier alpha value is -2.63. The molecule has 2 rings (SSSR count). The highest BCUT2D eigenvalue weighted by molar-refractivity contribution is 5.94. The Morgan fingerprint density at radius 3 is 2.76 bits per heavy atom. The molecule has 0 aliphatic heterocycles. The third-order valence-corrected chi connectivity index (χ3v) is 3.27. The summed E-state index contributed by atoms with van der Waals surface area (Å²) in [6.45, 7) is 1.81. The van der Waals surface area contributed by atoms with Gasteiger partial charge in [-0.2, -0.15) is 0 Å². The summed E-state index contributed by atoms with van der Waals surface area (Å²) in [6.07, 6.45) is 0.332. The molecule has 0 saturated carbocycles. The van der Waals surface area contributed by atoms with E-state index in [-0.39, 0.29) is 17.7 Å². The number of carbonyl (C=O) groups is 2. The summed E-state index contributed by atoms with van der Waals surface area (Å²) in [6, 6.07) is 8.18. The molecule has 0 aliphatic rings. The van der Waals surface area contributed by atoms with Crippen molar-refractivity contribution in [3.8, 4) is 0 Å². The predicted octanol–water partition coefficient (Wildman–Crippen LogP) is 1.37. The highest BCUT2D eigenvalue weighted by atomic mass is 16.4. The summed E-state index contributed by atoms with van der Waals surface area (Å²) in [5.74, 6) is -1.85. The first-order chi connectivity index (χ1) is 9.99. The molecular weight excluding hydrogens is 272 g/mol. The van der Waals surface area contributed by atoms with Gasteiger partial charge in [-0.1, -0.05) is 19.1 Å². The van der Waals surface area contributed by atoms with Crippen molar-refractivity contribution in [2.75, 3.05) is 6.54 Å². The number of pyridine rings is 1. The van der Waals surface area contributed by atoms with Gasteiger partial charge in [0.2, 0.25) is 0 Å². The normalized spacial score (nSPS) is 12.0. The number of carboxylic acid groups (broad SMARTS) is 1. The fourth-order valence-corrected chi connectivity index (χ4v) is 1.94. The Kier molecular flexibility index (Phi) is 4.37. The lowest BCUT2D eigenvalue weighted by Crippen LogP contribution is -2.28. The molecule has 1 aromatic heterocycles. The van der Waals surface area contributed by atoms with Crippen molar-refractivity contribution in [3.63, 3.8) is 0 Å². The molecule has 110 valence electrons. The smallest absolute Gasteiger partial charge is 0.306 e. The average Bonchev–Trinajstić information content (AvgIpc) is 2.46. The van der Waals surface area contributed by atoms with E-state index in [2.05, 4.69) is 10.3 Å². The summed E-state index contributed by atoms with van der Waals surface area (Å²) in [5.41, 5.74) is 0.532. The Balaban J connectivity index is 2.10. The predicted molar refractivity (Wildman–Crippen MR) is 78.3 cm³/mol. The number of rotatable bonds is 5. The quantitative estimate of drug-likeness (QED) is 0.773. The molecule has 0 aliphatic carbocycles. The van der Waals surface area contributed by atoms with Gasteiger partial charge in [-0.15, -0.1) is 0 Å². The first-order valence-electron chi connectivity index (χ1n) is 6.62. The number of amides is 1. The van der Waals surface area contributed by atoms with Crippen LogP contribution in [-0.2, 0) is 4.79 Å². The van der Waals surface area contributed by atoms with Crippen molar-refractivity contribution >= 4 is 22.8 Å². The monoisotopic (exact) mass is 288 g/mol. The minimum absolute atomic E-state index is 0.168. The second-order valence-electron chi connectivity index (χ2n) is 4.88. The third-order valence-electron chi connectivity index (χ3n) is 3.27. The zero-order valence-electron chi connectivity index (χ0n) is 11.6. The van der Waals surface area contributed by atoms with Crippen molar-refractivity contribution in [2.24, 2.45) is 5.92 Å². The summed E-state index contributed by atoms with van der Waals surface area (Å²) < 4.78 is 0. The highest BCUT2D eigenvalue weighted by Gasteiger charge is 2.12. The van der Waals surface area contributed by atoms with Crippen LogP contribution in [0.25, 0.3) is 10.9 Å². The summed E-state index contributed by atoms with van der Waals surface area (Å²) in [4.78, 5) is 37.4. The second kappa shape index (κ2) is 6.21. The minimum Gasteiger partial charge on any atom is -0.481 e. The van der Waals surface area contributed by atoms with E-state index in [0.717, 1.165) is 0 Å². The summed E-state index contributed by atoms with van der Waals surface area (Å²) in [7, 11) is 0. The van der Waals surface area contributed by atoms with Crippen LogP contribution in [0.3, 0.4) is 0 Å². The van der Waals surface area contributed by atoms with Gasteiger partial charge in [0.25, 0.3) is 5.91 Å². The molecule has 1 atom stereocenters. The van der Waals surface area contributed by atoms with Crippen LogP contribution < -0.4 is 10.7 Å². The zero-order valence-corrected chi connectivity index (χ0v) is 11.6. The van der Waals surface area contributed by atoms with Gasteiger partial charge in [0.05, 0.1) is 5.92 Å². The molecule has 0 spiro atoms. The standard InChI is InChI=1S/C15H16N2O4/c1-9(15(20)21)6-7-16-14(19)12-8-13(18)10-4-2-3-5-11(10)17-12/h2-5,8-9H,6-7H2,1H3,(H,16,19)(H,17,18)(H,20,21). The van der Waals surface area contributed by atoms with Crippen molar-refractivity contribution in [1.29, 1.82) is 0 Å². The van der Waals surface area contributed by atoms with E-state index in [0.29, 0.717) is 17.3 Å². The number of hydrogen-bond acceptors (Lipinski definition) is 3. The van der Waals surface area contributed by atoms with Gasteiger partial charge in [-0.25, -0.2) is 0 Å². The van der Waals surface area contributed by atoms with Crippen molar-refractivity contribution in [3.05, 3.63) is 46.2 Å². The molecule has 0 saturated heterocycles. The average molecular weight is 288 g/mol. The van der Waals surface area contributed by atoms with Crippen molar-refractivity contribution < 1.29 is 14.7 Å². The number of benzene rings is 1. The molecule has 6 nitrogen and oxygen atoms in total. The fourth-order valence-electron chi connectivity index (χ4n) is 1.94. The van der Waals surface area contributed by atoms with Gasteiger partial charge in [0.15, 0.2) is 5.43 Å². The van der Waals surface area contributed by atoms with Crippen LogP contribution in [0.15, 0.2) is 35.1 Å². The lowest BCUT2D eigenvalue weighted by atomic mass is 10.1. The summed E-state index contributed by atoms with van der Waals surface area (Å²) in [5, 5.41) is 11.9. The second-order valence-corrected chi connectivity index (χ2v) is 4.88. The molecule has 1 aromatic carbocycles. The Morgan fingerprint density at radius 1 is 1.33 bits per heavy atom. The van der Waals surface area contributed by atoms with Crippen LogP contribution >= 0.6 is 0 Å². The highest BCUT2D eigenvalue weighted by Crippen LogP contribution is 2.07. The van der Waals surface area contributed by atoms with Gasteiger partial charge >= 0.3 is 5.97 Å². The molecule has 1 amide bonds. The maximum absolute atomic E-state index is 12.0. The van der Waals surface area contributed by atoms with Gasteiger partial charge < -0.3 is 15.4 Å². The van der Waals surface area contributed by atoms with Crippen LogP contribution in [0.5, 0.6) is 0 Å². The Bertz CT molecular complexity index is 736. The number of aromatic amines is 1. The number of nitrogens with one attached hydrogen (secondary N) is 2. The largest absolute Gasteiger partial charge is 0.481 e. The first kappa shape index (κ1) is 14.8. The van der Waals surface area contributed by atoms with E-state index in [1.807, 2.05) is 0 Å². The van der Waals surface area contributed by atoms with Crippen molar-refractivity contribution in [1.82, 2.24) is 10.3 Å². The van der Waals surface area contributed by atoms with Gasteiger partial charge in [-0.05, 0) is 18.6 Å². The third kappa shape index (κ3) is 3.47. The number of aromatic nitrogens is 1. The van der Waals surface area contributed by atoms with Gasteiger partial charge in [-0.3, -0.25) is 14.4 Å². The van der Waals surface area contributed by atoms with Gasteiger partial charge in [0.1, 0.15) is 5.69 Å². The van der Waals surface area contributed by atoms with E-state index in [9.17, 15) is 14.4 Å². The first-order valence-corrected chi connectivity index (χ1v) is 6.62. The minimum atomic E-state index is -0.900. The lowest BCUT2D eigenvalue weighted by molar-refractivity contribution is -0.141. The molecule has 21 heavy (non-hydrogen) atoms. The van der Waals surface area contributed by atoms with Crippen LogP contribution in [0.2, 0.25) is 0 Å². The van der Waals surface area contributed by atoms with Crippen LogP contribution in [0.4, 0.5) is 0 Å². The lowest BCUT2D eigenvalue weighted by Gasteiger charge is -2.08. The van der Waals surface area contributed by atoms with Crippen LogP contribution in [-0.4, -0.2) is 28.5 Å². The molecule has 6 heteroatoms. The Labute approximate surface area is 120 Å². The maximum Gasteiger partial charge on any atom is 0.306 e. The number of carboxylic acids is 1. The van der Waals surface area contributed by atoms with E-state index in [4.69, 9.17) is 5.11 Å². The van der Waals surface area contributed by atoms with Crippen LogP contribution in [0.1, 0.15) is 23.8 Å². The number of H-pyrrole nitrogens is 1. The van der Waals surface area contributed by atoms with Gasteiger partial charge in [0, 0.05) is 23.5 Å². The molecular formula is C15H16N2O4. The van der Waals surface area contributed by atoms with E-state index in [1.165, 1.54) is 6.07 Å². The summed E-state index contributed by atoms with van der Waals surface area (Å²) >= 11 is 0.